The van der Waals surface area contributed by atoms with Crippen LogP contribution in [0.1, 0.15) is 25.5 Å². The number of aromatic nitrogens is 2. The van der Waals surface area contributed by atoms with Gasteiger partial charge in [0.15, 0.2) is 0 Å². The molecular weight excluding hydrogens is 262 g/mol. The summed E-state index contributed by atoms with van der Waals surface area (Å²) >= 11 is 0. The van der Waals surface area contributed by atoms with Crippen molar-refractivity contribution in [3.63, 3.8) is 0 Å². The van der Waals surface area contributed by atoms with Crippen molar-refractivity contribution < 1.29 is 8.42 Å². The van der Waals surface area contributed by atoms with Crippen LogP contribution in [0, 0.1) is 0 Å². The van der Waals surface area contributed by atoms with Crippen LogP contribution < -0.4 is 4.72 Å². The Hall–Kier alpha value is -1.66. The Morgan fingerprint density at radius 3 is 2.58 bits per heavy atom. The summed E-state index contributed by atoms with van der Waals surface area (Å²) in [7, 11) is -3.53. The van der Waals surface area contributed by atoms with Crippen LogP contribution in [-0.4, -0.2) is 18.2 Å². The van der Waals surface area contributed by atoms with Crippen LogP contribution in [0.2, 0.25) is 0 Å². The van der Waals surface area contributed by atoms with Gasteiger partial charge in [0.2, 0.25) is 10.0 Å². The van der Waals surface area contributed by atoms with Gasteiger partial charge in [-0.2, -0.15) is 5.10 Å². The van der Waals surface area contributed by atoms with E-state index in [1.165, 1.54) is 12.4 Å². The van der Waals surface area contributed by atoms with Crippen LogP contribution in [0.3, 0.4) is 0 Å². The monoisotopic (exact) mass is 279 g/mol. The maximum atomic E-state index is 12.2. The molecule has 0 unspecified atom stereocenters. The third-order valence-electron chi connectivity index (χ3n) is 2.88. The van der Waals surface area contributed by atoms with Crippen molar-refractivity contribution in [2.45, 2.75) is 31.3 Å². The van der Waals surface area contributed by atoms with E-state index in [2.05, 4.69) is 9.82 Å². The van der Waals surface area contributed by atoms with Gasteiger partial charge in [-0.05, 0) is 19.4 Å². The summed E-state index contributed by atoms with van der Waals surface area (Å²) in [4.78, 5) is 0.192. The highest BCUT2D eigenvalue weighted by molar-refractivity contribution is 7.89. The van der Waals surface area contributed by atoms with Gasteiger partial charge in [-0.1, -0.05) is 30.3 Å². The van der Waals surface area contributed by atoms with E-state index in [-0.39, 0.29) is 10.9 Å². The summed E-state index contributed by atoms with van der Waals surface area (Å²) in [6.07, 6.45) is 2.89. The lowest BCUT2D eigenvalue weighted by molar-refractivity contribution is 0.566. The molecule has 0 fully saturated rings. The van der Waals surface area contributed by atoms with Gasteiger partial charge < -0.3 is 0 Å². The van der Waals surface area contributed by atoms with Gasteiger partial charge in [0.25, 0.3) is 0 Å². The fourth-order valence-corrected chi connectivity index (χ4v) is 2.95. The summed E-state index contributed by atoms with van der Waals surface area (Å²) < 4.78 is 28.6. The number of hydrogen-bond acceptors (Lipinski definition) is 3. The van der Waals surface area contributed by atoms with E-state index in [9.17, 15) is 8.42 Å². The molecule has 1 aromatic heterocycles. The van der Waals surface area contributed by atoms with Crippen LogP contribution in [0.15, 0.2) is 47.6 Å². The molecule has 19 heavy (non-hydrogen) atoms. The fraction of sp³-hybridized carbons (Fsp3) is 0.308. The third-order valence-corrected chi connectivity index (χ3v) is 4.37. The molecule has 0 aliphatic carbocycles. The Morgan fingerprint density at radius 2 is 2.00 bits per heavy atom. The number of nitrogens with zero attached hydrogens (tertiary/aromatic N) is 2. The first-order valence-corrected chi connectivity index (χ1v) is 7.61. The zero-order valence-electron chi connectivity index (χ0n) is 10.9. The lowest BCUT2D eigenvalue weighted by Gasteiger charge is -2.13. The topological polar surface area (TPSA) is 64.0 Å². The van der Waals surface area contributed by atoms with E-state index in [0.717, 1.165) is 5.56 Å². The number of sulfonamides is 1. The number of benzene rings is 1. The van der Waals surface area contributed by atoms with Gasteiger partial charge in [-0.25, -0.2) is 13.1 Å². The molecule has 1 N–H and O–H groups in total. The van der Waals surface area contributed by atoms with Gasteiger partial charge in [-0.3, -0.25) is 4.68 Å². The molecule has 1 heterocycles. The summed E-state index contributed by atoms with van der Waals surface area (Å²) in [5.74, 6) is 0. The third kappa shape index (κ3) is 3.21. The number of rotatable bonds is 5. The standard InChI is InChI=1S/C13H17N3O2S/c1-3-16-10-13(9-14-16)19(17,18)15-11(2)12-7-5-4-6-8-12/h4-11,15H,3H2,1-2H3/t11-/m1/s1. The van der Waals surface area contributed by atoms with Crippen molar-refractivity contribution in [1.29, 1.82) is 0 Å². The van der Waals surface area contributed by atoms with Crippen LogP contribution in [0.25, 0.3) is 0 Å². The smallest absolute Gasteiger partial charge is 0.244 e. The molecule has 0 bridgehead atoms. The molecule has 0 radical (unpaired) electrons. The average Bonchev–Trinajstić information content (AvgIpc) is 2.89. The first-order chi connectivity index (χ1) is 9.03. The average molecular weight is 279 g/mol. The molecule has 0 amide bonds. The number of aryl methyl sites for hydroxylation is 1. The zero-order chi connectivity index (χ0) is 13.9. The van der Waals surface area contributed by atoms with E-state index in [1.54, 1.807) is 4.68 Å². The Kier molecular flexibility index (Phi) is 4.01. The fourth-order valence-electron chi connectivity index (χ4n) is 1.77. The van der Waals surface area contributed by atoms with Crippen LogP contribution >= 0.6 is 0 Å². The van der Waals surface area contributed by atoms with Crippen molar-refractivity contribution in [1.82, 2.24) is 14.5 Å². The summed E-state index contributed by atoms with van der Waals surface area (Å²) in [5.41, 5.74) is 0.925. The molecule has 5 nitrogen and oxygen atoms in total. The molecule has 0 spiro atoms. The van der Waals surface area contributed by atoms with Gasteiger partial charge in [0, 0.05) is 18.8 Å². The number of nitrogens with one attached hydrogen (secondary N) is 1. The van der Waals surface area contributed by atoms with E-state index in [0.29, 0.717) is 6.54 Å². The summed E-state index contributed by atoms with van der Waals surface area (Å²) in [5, 5.41) is 3.98. The van der Waals surface area contributed by atoms with Gasteiger partial charge >= 0.3 is 0 Å². The molecule has 102 valence electrons. The van der Waals surface area contributed by atoms with Gasteiger partial charge in [-0.15, -0.1) is 0 Å². The molecule has 0 aliphatic heterocycles. The minimum absolute atomic E-state index is 0.192. The normalized spacial score (nSPS) is 13.4. The lowest BCUT2D eigenvalue weighted by Crippen LogP contribution is -2.26. The predicted octanol–water partition coefficient (Wildman–Crippen LogP) is 1.94. The lowest BCUT2D eigenvalue weighted by atomic mass is 10.1. The second-order valence-electron chi connectivity index (χ2n) is 4.29. The van der Waals surface area contributed by atoms with Crippen molar-refractivity contribution >= 4 is 10.0 Å². The first kappa shape index (κ1) is 13.8. The van der Waals surface area contributed by atoms with E-state index in [1.807, 2.05) is 44.2 Å². The molecule has 1 atom stereocenters. The maximum Gasteiger partial charge on any atom is 0.244 e. The predicted molar refractivity (Wildman–Crippen MR) is 73.1 cm³/mol. The molecular formula is C13H17N3O2S. The Bertz CT molecular complexity index is 635. The Balaban J connectivity index is 2.17. The molecule has 6 heteroatoms. The second-order valence-corrected chi connectivity index (χ2v) is 6.00. The SMILES string of the molecule is CCn1cc(S(=O)(=O)N[C@H](C)c2ccccc2)cn1. The van der Waals surface area contributed by atoms with Crippen molar-refractivity contribution in [3.05, 3.63) is 48.3 Å². The number of hydrogen-bond donors (Lipinski definition) is 1. The van der Waals surface area contributed by atoms with E-state index >= 15 is 0 Å². The van der Waals surface area contributed by atoms with Crippen molar-refractivity contribution in [3.8, 4) is 0 Å². The Morgan fingerprint density at radius 1 is 1.32 bits per heavy atom. The molecule has 2 rings (SSSR count). The minimum Gasteiger partial charge on any atom is -0.272 e. The van der Waals surface area contributed by atoms with E-state index < -0.39 is 10.0 Å². The highest BCUT2D eigenvalue weighted by atomic mass is 32.2. The van der Waals surface area contributed by atoms with Crippen molar-refractivity contribution in [2.75, 3.05) is 0 Å². The van der Waals surface area contributed by atoms with E-state index in [4.69, 9.17) is 0 Å². The summed E-state index contributed by atoms with van der Waals surface area (Å²) in [6.45, 7) is 4.37. The minimum atomic E-state index is -3.53. The molecule has 0 saturated heterocycles. The molecule has 1 aromatic carbocycles. The van der Waals surface area contributed by atoms with Crippen LogP contribution in [0.5, 0.6) is 0 Å². The van der Waals surface area contributed by atoms with Crippen molar-refractivity contribution in [2.24, 2.45) is 0 Å². The van der Waals surface area contributed by atoms with Gasteiger partial charge in [0.05, 0.1) is 6.20 Å². The summed E-state index contributed by atoms with van der Waals surface area (Å²) in [6, 6.07) is 9.17. The highest BCUT2D eigenvalue weighted by Crippen LogP contribution is 2.16. The largest absolute Gasteiger partial charge is 0.272 e. The molecule has 0 saturated carbocycles. The second kappa shape index (κ2) is 5.54. The molecule has 2 aromatic rings. The quantitative estimate of drug-likeness (QED) is 0.909. The maximum absolute atomic E-state index is 12.2. The molecule has 0 aliphatic rings. The van der Waals surface area contributed by atoms with Crippen LogP contribution in [-0.2, 0) is 16.6 Å². The zero-order valence-corrected chi connectivity index (χ0v) is 11.8. The van der Waals surface area contributed by atoms with Crippen LogP contribution in [0.4, 0.5) is 0 Å². The highest BCUT2D eigenvalue weighted by Gasteiger charge is 2.19. The van der Waals surface area contributed by atoms with Gasteiger partial charge in [0.1, 0.15) is 4.90 Å². The Labute approximate surface area is 113 Å². The first-order valence-electron chi connectivity index (χ1n) is 6.12.